The molecule has 1 saturated heterocycles. The van der Waals surface area contributed by atoms with Gasteiger partial charge in [-0.25, -0.2) is 4.39 Å². The van der Waals surface area contributed by atoms with E-state index in [1.54, 1.807) is 6.07 Å². The molecule has 2 radical (unpaired) electrons. The van der Waals surface area contributed by atoms with Gasteiger partial charge in [-0.2, -0.15) is 0 Å². The first-order valence-corrected chi connectivity index (χ1v) is 6.83. The van der Waals surface area contributed by atoms with Crippen molar-refractivity contribution in [3.63, 3.8) is 0 Å². The average molecular weight is 278 g/mol. The third kappa shape index (κ3) is 4.50. The Morgan fingerprint density at radius 3 is 2.74 bits per heavy atom. The normalized spacial score (nSPS) is 17.2. The number of ether oxygens (including phenoxy) is 1. The van der Waals surface area contributed by atoms with E-state index in [4.69, 9.17) is 4.74 Å². The Morgan fingerprint density at radius 2 is 2.11 bits per heavy atom. The summed E-state index contributed by atoms with van der Waals surface area (Å²) in [5.74, 6) is 0.0440. The zero-order chi connectivity index (χ0) is 13.8. The zero-order valence-electron chi connectivity index (χ0n) is 10.9. The fourth-order valence-electron chi connectivity index (χ4n) is 2.14. The lowest BCUT2D eigenvalue weighted by Gasteiger charge is -2.29. The first kappa shape index (κ1) is 14.3. The lowest BCUT2D eigenvalue weighted by molar-refractivity contribution is 0.114. The molecule has 1 aromatic rings. The second-order valence-corrected chi connectivity index (χ2v) is 5.31. The van der Waals surface area contributed by atoms with Crippen LogP contribution < -0.4 is 10.1 Å². The van der Waals surface area contributed by atoms with E-state index in [-0.39, 0.29) is 10.9 Å². The maximum Gasteiger partial charge on any atom is 0.281 e. The fraction of sp³-hybridized carbons (Fsp3) is 0.462. The van der Waals surface area contributed by atoms with E-state index in [2.05, 4.69) is 17.3 Å². The Hall–Kier alpha value is -1.09. The predicted octanol–water partition coefficient (Wildman–Crippen LogP) is 2.00. The van der Waals surface area contributed by atoms with Gasteiger partial charge in [0.25, 0.3) is 16.3 Å². The van der Waals surface area contributed by atoms with E-state index in [1.165, 1.54) is 12.1 Å². The molecule has 4 nitrogen and oxygen atoms in total. The quantitative estimate of drug-likeness (QED) is 0.860. The van der Waals surface area contributed by atoms with E-state index in [0.29, 0.717) is 11.4 Å². The van der Waals surface area contributed by atoms with Crippen molar-refractivity contribution in [1.29, 1.82) is 0 Å². The molecular formula is C13H16AlFN2O2. The molecule has 1 amide bonds. The molecule has 6 heteroatoms. The zero-order valence-corrected chi connectivity index (χ0v) is 12.0. The monoisotopic (exact) mass is 278 g/mol. The number of carbonyl (C=O) groups is 1. The fourth-order valence-corrected chi connectivity index (χ4v) is 2.31. The van der Waals surface area contributed by atoms with E-state index < -0.39 is 5.82 Å². The van der Waals surface area contributed by atoms with Crippen LogP contribution in [-0.4, -0.2) is 52.2 Å². The summed E-state index contributed by atoms with van der Waals surface area (Å²) < 4.78 is 18.9. The smallest absolute Gasteiger partial charge is 0.281 e. The molecule has 1 heterocycles. The summed E-state index contributed by atoms with van der Waals surface area (Å²) in [6.07, 6.45) is 1.97. The highest BCUT2D eigenvalue weighted by molar-refractivity contribution is 6.60. The first-order chi connectivity index (χ1) is 9.02. The molecule has 19 heavy (non-hydrogen) atoms. The van der Waals surface area contributed by atoms with Crippen molar-refractivity contribution in [1.82, 2.24) is 4.90 Å². The number of anilines is 1. The predicted molar refractivity (Wildman–Crippen MR) is 72.3 cm³/mol. The third-order valence-corrected chi connectivity index (χ3v) is 3.25. The molecule has 1 aliphatic heterocycles. The van der Waals surface area contributed by atoms with Crippen molar-refractivity contribution in [2.45, 2.75) is 18.9 Å². The topological polar surface area (TPSA) is 41.6 Å². The van der Waals surface area contributed by atoms with Crippen LogP contribution in [0.3, 0.4) is 0 Å². The Kier molecular flexibility index (Phi) is 4.81. The Bertz CT molecular complexity index is 462. The number of hydrogen-bond acceptors (Lipinski definition) is 3. The number of carbonyl (C=O) groups excluding carboxylic acids is 1. The number of halogens is 1. The van der Waals surface area contributed by atoms with E-state index in [1.807, 2.05) is 16.3 Å². The van der Waals surface area contributed by atoms with Crippen LogP contribution in [0.1, 0.15) is 12.8 Å². The van der Waals surface area contributed by atoms with Crippen LogP contribution in [0, 0.1) is 5.82 Å². The second kappa shape index (κ2) is 6.38. The van der Waals surface area contributed by atoms with Gasteiger partial charge in [-0.3, -0.25) is 0 Å². The van der Waals surface area contributed by atoms with Crippen molar-refractivity contribution >= 4 is 26.7 Å². The van der Waals surface area contributed by atoms with Crippen molar-refractivity contribution < 1.29 is 13.9 Å². The van der Waals surface area contributed by atoms with Crippen LogP contribution in [0.25, 0.3) is 0 Å². The minimum atomic E-state index is -0.417. The summed E-state index contributed by atoms with van der Waals surface area (Å²) in [7, 11) is 2.07. The minimum absolute atomic E-state index is 0.109. The molecule has 0 bridgehead atoms. The maximum atomic E-state index is 13.4. The van der Waals surface area contributed by atoms with Crippen LogP contribution in [-0.2, 0) is 0 Å². The van der Waals surface area contributed by atoms with Crippen LogP contribution in [0.2, 0.25) is 0 Å². The highest BCUT2D eigenvalue weighted by Gasteiger charge is 2.18. The highest BCUT2D eigenvalue weighted by atomic mass is 27.0. The molecule has 0 aromatic heterocycles. The number of benzene rings is 1. The van der Waals surface area contributed by atoms with Crippen molar-refractivity contribution in [3.05, 3.63) is 24.0 Å². The molecule has 2 rings (SSSR count). The summed E-state index contributed by atoms with van der Waals surface area (Å²) in [5, 5.41) is 2.53. The molecular weight excluding hydrogens is 262 g/mol. The van der Waals surface area contributed by atoms with Crippen LogP contribution in [0.5, 0.6) is 5.75 Å². The van der Waals surface area contributed by atoms with Gasteiger partial charge in [-0.05, 0) is 26.0 Å². The van der Waals surface area contributed by atoms with E-state index in [0.717, 1.165) is 25.9 Å². The molecule has 0 aliphatic carbocycles. The summed E-state index contributed by atoms with van der Waals surface area (Å²) in [6, 6.07) is 4.25. The van der Waals surface area contributed by atoms with Gasteiger partial charge in [0, 0.05) is 30.9 Å². The van der Waals surface area contributed by atoms with Gasteiger partial charge >= 0.3 is 0 Å². The Labute approximate surface area is 120 Å². The summed E-state index contributed by atoms with van der Waals surface area (Å²) in [5.41, 5.74) is 0.405. The molecule has 0 unspecified atom stereocenters. The molecule has 0 atom stereocenters. The van der Waals surface area contributed by atoms with Gasteiger partial charge in [-0.15, -0.1) is 0 Å². The molecule has 1 aromatic carbocycles. The molecule has 1 aliphatic rings. The van der Waals surface area contributed by atoms with Gasteiger partial charge in [0.1, 0.15) is 22.4 Å². The van der Waals surface area contributed by atoms with Crippen molar-refractivity contribution in [3.8, 4) is 5.75 Å². The third-order valence-electron chi connectivity index (χ3n) is 3.11. The Balaban J connectivity index is 2.03. The number of rotatable bonds is 3. The number of nitrogens with one attached hydrogen (secondary N) is 1. The first-order valence-electron chi connectivity index (χ1n) is 6.25. The van der Waals surface area contributed by atoms with Gasteiger partial charge < -0.3 is 19.7 Å². The van der Waals surface area contributed by atoms with Crippen molar-refractivity contribution in [2.24, 2.45) is 0 Å². The number of nitrogens with zero attached hydrogens (tertiary/aromatic N) is 1. The molecule has 0 saturated carbocycles. The lowest BCUT2D eigenvalue weighted by atomic mass is 10.1. The van der Waals surface area contributed by atoms with Gasteiger partial charge in [-0.1, -0.05) is 0 Å². The van der Waals surface area contributed by atoms with E-state index >= 15 is 0 Å². The molecule has 0 spiro atoms. The molecule has 1 N–H and O–H groups in total. The summed E-state index contributed by atoms with van der Waals surface area (Å²) in [6.45, 7) is 1.96. The summed E-state index contributed by atoms with van der Waals surface area (Å²) in [4.78, 5) is 13.2. The van der Waals surface area contributed by atoms with Crippen LogP contribution >= 0.6 is 0 Å². The van der Waals surface area contributed by atoms with Gasteiger partial charge in [0.15, 0.2) is 0 Å². The second-order valence-electron chi connectivity index (χ2n) is 4.79. The lowest BCUT2D eigenvalue weighted by Crippen LogP contribution is -2.35. The molecule has 1 fully saturated rings. The number of amides is 1. The maximum absolute atomic E-state index is 13.4. The number of hydrogen-bond donors (Lipinski definition) is 1. The SMILES string of the molecule is CN1CCC(Oc2cc(F)cc(N[C](=O)[Al])c2)CC1. The standard InChI is InChI=1S/C13H16FN2O2.Al/c1-16-4-2-12(3-5-16)18-13-7-10(14)6-11(8-13)15-9-17;/h6-8,12H,2-5H2,1H3,(H,15,17);. The molecule has 100 valence electrons. The van der Waals surface area contributed by atoms with E-state index in [9.17, 15) is 9.18 Å². The largest absolute Gasteiger partial charge is 0.490 e. The van der Waals surface area contributed by atoms with Crippen LogP contribution in [0.4, 0.5) is 14.9 Å². The average Bonchev–Trinajstić information content (AvgIpc) is 2.30. The number of piperidine rings is 1. The highest BCUT2D eigenvalue weighted by Crippen LogP contribution is 2.23. The van der Waals surface area contributed by atoms with Gasteiger partial charge in [0.05, 0.1) is 0 Å². The van der Waals surface area contributed by atoms with Crippen molar-refractivity contribution in [2.75, 3.05) is 25.5 Å². The minimum Gasteiger partial charge on any atom is -0.490 e. The Morgan fingerprint density at radius 1 is 1.42 bits per heavy atom. The van der Waals surface area contributed by atoms with Crippen LogP contribution in [0.15, 0.2) is 18.2 Å². The summed E-state index contributed by atoms with van der Waals surface area (Å²) >= 11 is 1.99. The number of likely N-dealkylation sites (tertiary alicyclic amines) is 1. The van der Waals surface area contributed by atoms with Gasteiger partial charge in [0.2, 0.25) is 0 Å².